The van der Waals surface area contributed by atoms with Gasteiger partial charge in [-0.25, -0.2) is 4.98 Å². The average molecular weight is 499 g/mol. The minimum absolute atomic E-state index is 0.0123. The Bertz CT molecular complexity index is 1220. The number of hydrogen-bond acceptors (Lipinski definition) is 7. The van der Waals surface area contributed by atoms with Crippen molar-refractivity contribution in [3.63, 3.8) is 0 Å². The Kier molecular flexibility index (Phi) is 6.52. The molecule has 1 aliphatic carbocycles. The van der Waals surface area contributed by atoms with Gasteiger partial charge in [0.1, 0.15) is 15.8 Å². The zero-order chi connectivity index (χ0) is 24.0. The highest BCUT2D eigenvalue weighted by Gasteiger charge is 2.38. The van der Waals surface area contributed by atoms with Crippen molar-refractivity contribution >= 4 is 51.7 Å². The van der Waals surface area contributed by atoms with E-state index in [0.29, 0.717) is 39.3 Å². The minimum Gasteiger partial charge on any atom is -0.372 e. The number of ether oxygens (including phenoxy) is 1. The number of carbonyl (C=O) groups excluding carboxylic acids is 1. The summed E-state index contributed by atoms with van der Waals surface area (Å²) in [6.45, 7) is 7.25. The molecule has 5 rings (SSSR count). The molecule has 0 bridgehead atoms. The van der Waals surface area contributed by atoms with Crippen LogP contribution in [0.4, 0.5) is 5.82 Å². The van der Waals surface area contributed by atoms with Crippen molar-refractivity contribution in [1.29, 1.82) is 0 Å². The van der Waals surface area contributed by atoms with Gasteiger partial charge in [0.05, 0.1) is 22.7 Å². The number of thiocarbonyl (C=S) groups is 1. The molecule has 4 heterocycles. The van der Waals surface area contributed by atoms with E-state index < -0.39 is 0 Å². The Balaban J connectivity index is 1.62. The van der Waals surface area contributed by atoms with Gasteiger partial charge < -0.3 is 9.64 Å². The lowest BCUT2D eigenvalue weighted by molar-refractivity contribution is -0.124. The summed E-state index contributed by atoms with van der Waals surface area (Å²) in [6.07, 6.45) is 8.88. The molecule has 7 nitrogen and oxygen atoms in total. The van der Waals surface area contributed by atoms with Crippen LogP contribution in [0, 0.1) is 6.92 Å². The molecule has 2 saturated heterocycles. The molecule has 0 aromatic carbocycles. The van der Waals surface area contributed by atoms with Gasteiger partial charge in [0.25, 0.3) is 11.5 Å². The third-order valence-corrected chi connectivity index (χ3v) is 8.15. The summed E-state index contributed by atoms with van der Waals surface area (Å²) in [5.41, 5.74) is 1.79. The Labute approximate surface area is 209 Å². The fourth-order valence-electron chi connectivity index (χ4n) is 5.28. The molecule has 1 amide bonds. The standard InChI is InChI=1S/C25H30N4O3S2/c1-15-8-7-11-28-21(15)26-22(27-13-16(2)32-17(3)14-27)19(23(28)30)12-20-24(31)29(25(33)34-20)18-9-5-4-6-10-18/h7-8,11-12,16-18H,4-6,9-10,13-14H2,1-3H3/b20-12+/t16-,17-/m0/s1. The summed E-state index contributed by atoms with van der Waals surface area (Å²) in [5, 5.41) is 0. The fourth-order valence-corrected chi connectivity index (χ4v) is 6.67. The van der Waals surface area contributed by atoms with Crippen LogP contribution in [-0.2, 0) is 9.53 Å². The van der Waals surface area contributed by atoms with Gasteiger partial charge in [0.15, 0.2) is 0 Å². The second-order valence-electron chi connectivity index (χ2n) is 9.54. The van der Waals surface area contributed by atoms with E-state index in [1.807, 2.05) is 32.9 Å². The molecule has 2 aromatic rings. The highest BCUT2D eigenvalue weighted by Crippen LogP contribution is 2.38. The molecule has 2 atom stereocenters. The lowest BCUT2D eigenvalue weighted by Gasteiger charge is -2.36. The first-order chi connectivity index (χ1) is 16.3. The van der Waals surface area contributed by atoms with Crippen molar-refractivity contribution in [3.05, 3.63) is 44.7 Å². The molecular formula is C25H30N4O3S2. The number of hydrogen-bond donors (Lipinski definition) is 0. The van der Waals surface area contributed by atoms with Crippen LogP contribution in [0.15, 0.2) is 28.0 Å². The molecule has 1 saturated carbocycles. The lowest BCUT2D eigenvalue weighted by atomic mass is 9.94. The van der Waals surface area contributed by atoms with E-state index in [4.69, 9.17) is 21.9 Å². The molecular weight excluding hydrogens is 468 g/mol. The van der Waals surface area contributed by atoms with Crippen LogP contribution >= 0.6 is 24.0 Å². The largest absolute Gasteiger partial charge is 0.372 e. The summed E-state index contributed by atoms with van der Waals surface area (Å²) >= 11 is 6.90. The number of nitrogens with zero attached hydrogens (tertiary/aromatic N) is 4. The molecule has 0 N–H and O–H groups in total. The third-order valence-electron chi connectivity index (χ3n) is 6.82. The Morgan fingerprint density at radius 2 is 1.85 bits per heavy atom. The van der Waals surface area contributed by atoms with Gasteiger partial charge >= 0.3 is 0 Å². The minimum atomic E-state index is -0.182. The maximum Gasteiger partial charge on any atom is 0.267 e. The number of aromatic nitrogens is 2. The van der Waals surface area contributed by atoms with Crippen LogP contribution in [0.1, 0.15) is 57.1 Å². The van der Waals surface area contributed by atoms with E-state index in [1.165, 1.54) is 18.2 Å². The molecule has 9 heteroatoms. The zero-order valence-corrected chi connectivity index (χ0v) is 21.5. The van der Waals surface area contributed by atoms with Crippen molar-refractivity contribution in [2.75, 3.05) is 18.0 Å². The van der Waals surface area contributed by atoms with Gasteiger partial charge in [-0.3, -0.25) is 18.9 Å². The average Bonchev–Trinajstić information content (AvgIpc) is 3.08. The van der Waals surface area contributed by atoms with Crippen LogP contribution in [0.2, 0.25) is 0 Å². The predicted molar refractivity (Wildman–Crippen MR) is 140 cm³/mol. The topological polar surface area (TPSA) is 67.2 Å². The number of thioether (sulfide) groups is 1. The van der Waals surface area contributed by atoms with Crippen molar-refractivity contribution in [2.24, 2.45) is 0 Å². The number of aryl methyl sites for hydroxylation is 1. The summed E-state index contributed by atoms with van der Waals surface area (Å²) < 4.78 is 8.07. The molecule has 0 spiro atoms. The SMILES string of the molecule is Cc1cccn2c(=O)c(/C=C3/SC(=S)N(C4CCCCC4)C3=O)c(N3C[C@H](C)O[C@@H](C)C3)nc12. The number of pyridine rings is 1. The van der Waals surface area contributed by atoms with E-state index in [0.717, 1.165) is 31.2 Å². The van der Waals surface area contributed by atoms with E-state index in [9.17, 15) is 9.59 Å². The van der Waals surface area contributed by atoms with Crippen molar-refractivity contribution in [1.82, 2.24) is 14.3 Å². The Morgan fingerprint density at radius 3 is 2.56 bits per heavy atom. The number of carbonyl (C=O) groups is 1. The highest BCUT2D eigenvalue weighted by molar-refractivity contribution is 8.26. The predicted octanol–water partition coefficient (Wildman–Crippen LogP) is 4.15. The first kappa shape index (κ1) is 23.5. The van der Waals surface area contributed by atoms with E-state index >= 15 is 0 Å². The molecule has 180 valence electrons. The first-order valence-corrected chi connectivity index (χ1v) is 13.3. The number of fused-ring (bicyclic) bond motifs is 1. The maximum atomic E-state index is 13.7. The van der Waals surface area contributed by atoms with Crippen LogP contribution in [0.5, 0.6) is 0 Å². The zero-order valence-electron chi connectivity index (χ0n) is 19.8. The maximum absolute atomic E-state index is 13.7. The number of anilines is 1. The van der Waals surface area contributed by atoms with Crippen molar-refractivity contribution in [3.8, 4) is 0 Å². The monoisotopic (exact) mass is 498 g/mol. The number of amides is 1. The third kappa shape index (κ3) is 4.29. The van der Waals surface area contributed by atoms with Crippen LogP contribution < -0.4 is 10.5 Å². The molecule has 3 aliphatic rings. The van der Waals surface area contributed by atoms with E-state index in [-0.39, 0.29) is 29.7 Å². The van der Waals surface area contributed by atoms with E-state index in [1.54, 1.807) is 21.6 Å². The van der Waals surface area contributed by atoms with Gasteiger partial charge in [0, 0.05) is 25.3 Å². The smallest absolute Gasteiger partial charge is 0.267 e. The van der Waals surface area contributed by atoms with Crippen LogP contribution in [0.3, 0.4) is 0 Å². The second kappa shape index (κ2) is 9.43. The van der Waals surface area contributed by atoms with Crippen molar-refractivity contribution < 1.29 is 9.53 Å². The Hall–Kier alpha value is -2.23. The molecule has 3 fully saturated rings. The quantitative estimate of drug-likeness (QED) is 0.465. The lowest BCUT2D eigenvalue weighted by Crippen LogP contribution is -2.46. The fraction of sp³-hybridized carbons (Fsp3) is 0.520. The number of morpholine rings is 1. The summed E-state index contributed by atoms with van der Waals surface area (Å²) in [4.78, 5) is 36.5. The molecule has 2 aromatic heterocycles. The summed E-state index contributed by atoms with van der Waals surface area (Å²) in [7, 11) is 0. The van der Waals surface area contributed by atoms with E-state index in [2.05, 4.69) is 4.90 Å². The molecule has 34 heavy (non-hydrogen) atoms. The molecule has 0 radical (unpaired) electrons. The number of rotatable bonds is 3. The van der Waals surface area contributed by atoms with Gasteiger partial charge in [-0.1, -0.05) is 49.3 Å². The van der Waals surface area contributed by atoms with Crippen molar-refractivity contribution in [2.45, 2.75) is 71.1 Å². The second-order valence-corrected chi connectivity index (χ2v) is 11.2. The summed E-state index contributed by atoms with van der Waals surface area (Å²) in [6, 6.07) is 3.95. The first-order valence-electron chi connectivity index (χ1n) is 12.0. The normalized spacial score (nSPS) is 25.7. The summed E-state index contributed by atoms with van der Waals surface area (Å²) in [5.74, 6) is 0.509. The highest BCUT2D eigenvalue weighted by atomic mass is 32.2. The van der Waals surface area contributed by atoms with Crippen LogP contribution in [-0.4, -0.2) is 55.9 Å². The molecule has 2 aliphatic heterocycles. The van der Waals surface area contributed by atoms with Crippen LogP contribution in [0.25, 0.3) is 11.7 Å². The van der Waals surface area contributed by atoms with Gasteiger partial charge in [-0.15, -0.1) is 0 Å². The molecule has 0 unspecified atom stereocenters. The van der Waals surface area contributed by atoms with Gasteiger partial charge in [-0.2, -0.15) is 0 Å². The van der Waals surface area contributed by atoms with Gasteiger partial charge in [0.2, 0.25) is 0 Å². The van der Waals surface area contributed by atoms with Gasteiger partial charge in [-0.05, 0) is 51.3 Å². The Morgan fingerprint density at radius 1 is 1.15 bits per heavy atom.